The fourth-order valence-electron chi connectivity index (χ4n) is 2.16. The van der Waals surface area contributed by atoms with Crippen molar-refractivity contribution in [2.45, 2.75) is 26.4 Å². The van der Waals surface area contributed by atoms with E-state index in [1.807, 2.05) is 24.3 Å². The number of imidazole rings is 1. The summed E-state index contributed by atoms with van der Waals surface area (Å²) >= 11 is 0. The van der Waals surface area contributed by atoms with Crippen LogP contribution in [0.15, 0.2) is 36.5 Å². The number of nitrogens with zero attached hydrogens (tertiary/aromatic N) is 2. The van der Waals surface area contributed by atoms with E-state index in [0.29, 0.717) is 22.8 Å². The number of hydrogen-bond acceptors (Lipinski definition) is 5. The van der Waals surface area contributed by atoms with Crippen LogP contribution in [0.1, 0.15) is 20.8 Å². The zero-order valence-electron chi connectivity index (χ0n) is 13.8. The summed E-state index contributed by atoms with van der Waals surface area (Å²) in [6, 6.07) is 9.10. The number of H-pyrrole nitrogens is 1. The molecule has 3 aromatic rings. The third-order valence-electron chi connectivity index (χ3n) is 3.18. The first-order valence-electron chi connectivity index (χ1n) is 7.52. The number of rotatable bonds is 2. The molecule has 124 valence electrons. The van der Waals surface area contributed by atoms with Crippen molar-refractivity contribution >= 4 is 28.6 Å². The molecule has 1 amide bonds. The molecule has 1 aromatic carbocycles. The number of carbonyl (C=O) groups excluding carboxylic acids is 1. The number of aromatic amines is 1. The van der Waals surface area contributed by atoms with Crippen molar-refractivity contribution in [1.82, 2.24) is 15.0 Å². The second-order valence-corrected chi connectivity index (χ2v) is 6.42. The number of benzene rings is 1. The molecule has 0 spiro atoms. The van der Waals surface area contributed by atoms with E-state index in [2.05, 4.69) is 20.3 Å². The number of ether oxygens (including phenoxy) is 1. The highest BCUT2D eigenvalue weighted by molar-refractivity contribution is 5.87. The molecule has 0 saturated carbocycles. The van der Waals surface area contributed by atoms with E-state index in [1.54, 1.807) is 33.0 Å². The van der Waals surface area contributed by atoms with Crippen LogP contribution in [0.3, 0.4) is 0 Å². The van der Waals surface area contributed by atoms with Gasteiger partial charge in [-0.3, -0.25) is 5.32 Å². The van der Waals surface area contributed by atoms with Crippen molar-refractivity contribution in [3.05, 3.63) is 36.5 Å². The monoisotopic (exact) mass is 325 g/mol. The SMILES string of the molecule is CC(C)(C)OC(=O)Nc1cc2nc(-c3ccc(N)cc3)[nH]c2cn1. The Morgan fingerprint density at radius 2 is 1.96 bits per heavy atom. The molecule has 0 bridgehead atoms. The number of pyridine rings is 1. The van der Waals surface area contributed by atoms with Crippen molar-refractivity contribution in [3.8, 4) is 11.4 Å². The van der Waals surface area contributed by atoms with Gasteiger partial charge in [-0.25, -0.2) is 14.8 Å². The average Bonchev–Trinajstić information content (AvgIpc) is 2.89. The number of fused-ring (bicyclic) bond motifs is 1. The van der Waals surface area contributed by atoms with Gasteiger partial charge in [0.25, 0.3) is 0 Å². The van der Waals surface area contributed by atoms with Crippen LogP contribution in [-0.4, -0.2) is 26.6 Å². The van der Waals surface area contributed by atoms with Gasteiger partial charge >= 0.3 is 6.09 Å². The topological polar surface area (TPSA) is 106 Å². The highest BCUT2D eigenvalue weighted by atomic mass is 16.6. The van der Waals surface area contributed by atoms with E-state index in [0.717, 1.165) is 11.1 Å². The molecule has 7 heteroatoms. The van der Waals surface area contributed by atoms with Gasteiger partial charge in [-0.2, -0.15) is 0 Å². The molecule has 0 aliphatic carbocycles. The molecular weight excluding hydrogens is 306 g/mol. The van der Waals surface area contributed by atoms with E-state index in [4.69, 9.17) is 10.5 Å². The molecule has 2 heterocycles. The number of anilines is 2. The highest BCUT2D eigenvalue weighted by Crippen LogP contribution is 2.22. The Balaban J connectivity index is 1.84. The Morgan fingerprint density at radius 1 is 1.25 bits per heavy atom. The maximum absolute atomic E-state index is 11.8. The lowest BCUT2D eigenvalue weighted by Crippen LogP contribution is -2.27. The van der Waals surface area contributed by atoms with Crippen LogP contribution in [0, 0.1) is 0 Å². The van der Waals surface area contributed by atoms with Crippen molar-refractivity contribution in [1.29, 1.82) is 0 Å². The largest absolute Gasteiger partial charge is 0.444 e. The fourth-order valence-corrected chi connectivity index (χ4v) is 2.16. The fraction of sp³-hybridized carbons (Fsp3) is 0.235. The van der Waals surface area contributed by atoms with Gasteiger partial charge in [-0.1, -0.05) is 0 Å². The summed E-state index contributed by atoms with van der Waals surface area (Å²) in [5.74, 6) is 1.09. The van der Waals surface area contributed by atoms with Crippen LogP contribution in [0.4, 0.5) is 16.3 Å². The zero-order valence-corrected chi connectivity index (χ0v) is 13.8. The maximum atomic E-state index is 11.8. The minimum absolute atomic E-state index is 0.382. The van der Waals surface area contributed by atoms with E-state index < -0.39 is 11.7 Å². The van der Waals surface area contributed by atoms with Gasteiger partial charge in [0.15, 0.2) is 0 Å². The predicted molar refractivity (Wildman–Crippen MR) is 93.6 cm³/mol. The number of carbonyl (C=O) groups is 1. The Kier molecular flexibility index (Phi) is 3.84. The van der Waals surface area contributed by atoms with Crippen molar-refractivity contribution < 1.29 is 9.53 Å². The van der Waals surface area contributed by atoms with E-state index in [1.165, 1.54) is 0 Å². The molecule has 0 aliphatic rings. The molecule has 0 radical (unpaired) electrons. The first-order chi connectivity index (χ1) is 11.3. The second-order valence-electron chi connectivity index (χ2n) is 6.42. The van der Waals surface area contributed by atoms with Crippen molar-refractivity contribution in [2.75, 3.05) is 11.1 Å². The number of amides is 1. The van der Waals surface area contributed by atoms with E-state index in [-0.39, 0.29) is 0 Å². The number of hydrogen-bond donors (Lipinski definition) is 3. The molecule has 0 aliphatic heterocycles. The number of nitrogens with two attached hydrogens (primary N) is 1. The van der Waals surface area contributed by atoms with Crippen LogP contribution in [0.2, 0.25) is 0 Å². The number of nitrogen functional groups attached to an aromatic ring is 1. The van der Waals surface area contributed by atoms with Gasteiger partial charge in [-0.15, -0.1) is 0 Å². The Bertz CT molecular complexity index is 878. The summed E-state index contributed by atoms with van der Waals surface area (Å²) < 4.78 is 5.21. The molecular formula is C17H19N5O2. The Labute approximate surface area is 139 Å². The molecule has 7 nitrogen and oxygen atoms in total. The zero-order chi connectivity index (χ0) is 17.3. The lowest BCUT2D eigenvalue weighted by atomic mass is 10.2. The van der Waals surface area contributed by atoms with E-state index in [9.17, 15) is 4.79 Å². The summed E-state index contributed by atoms with van der Waals surface area (Å²) in [6.07, 6.45) is 1.07. The van der Waals surface area contributed by atoms with Crippen LogP contribution in [0.5, 0.6) is 0 Å². The smallest absolute Gasteiger partial charge is 0.413 e. The van der Waals surface area contributed by atoms with Crippen molar-refractivity contribution in [3.63, 3.8) is 0 Å². The molecule has 24 heavy (non-hydrogen) atoms. The number of aromatic nitrogens is 3. The molecule has 2 aromatic heterocycles. The summed E-state index contributed by atoms with van der Waals surface area (Å²) in [6.45, 7) is 5.40. The highest BCUT2D eigenvalue weighted by Gasteiger charge is 2.17. The predicted octanol–water partition coefficient (Wildman–Crippen LogP) is 3.55. The summed E-state index contributed by atoms with van der Waals surface area (Å²) in [4.78, 5) is 23.7. The molecule has 0 saturated heterocycles. The molecule has 0 unspecified atom stereocenters. The van der Waals surface area contributed by atoms with Gasteiger partial charge in [0.05, 0.1) is 17.2 Å². The first-order valence-corrected chi connectivity index (χ1v) is 7.52. The summed E-state index contributed by atoms with van der Waals surface area (Å²) in [7, 11) is 0. The van der Waals surface area contributed by atoms with Gasteiger partial charge in [-0.05, 0) is 45.0 Å². The molecule has 3 rings (SSSR count). The summed E-state index contributed by atoms with van der Waals surface area (Å²) in [5, 5.41) is 2.60. The maximum Gasteiger partial charge on any atom is 0.413 e. The first kappa shape index (κ1) is 15.8. The van der Waals surface area contributed by atoms with E-state index >= 15 is 0 Å². The van der Waals surface area contributed by atoms with Crippen LogP contribution in [-0.2, 0) is 4.74 Å². The minimum atomic E-state index is -0.567. The third-order valence-corrected chi connectivity index (χ3v) is 3.18. The van der Waals surface area contributed by atoms with Crippen LogP contribution >= 0.6 is 0 Å². The van der Waals surface area contributed by atoms with Gasteiger partial charge in [0.1, 0.15) is 17.2 Å². The lowest BCUT2D eigenvalue weighted by molar-refractivity contribution is 0.0635. The Hall–Kier alpha value is -3.09. The lowest BCUT2D eigenvalue weighted by Gasteiger charge is -2.19. The number of nitrogens with one attached hydrogen (secondary N) is 2. The minimum Gasteiger partial charge on any atom is -0.444 e. The van der Waals surface area contributed by atoms with Crippen LogP contribution < -0.4 is 11.1 Å². The van der Waals surface area contributed by atoms with Gasteiger partial charge in [0, 0.05) is 17.3 Å². The molecule has 0 atom stereocenters. The van der Waals surface area contributed by atoms with Gasteiger partial charge in [0.2, 0.25) is 0 Å². The third kappa shape index (κ3) is 3.62. The molecule has 0 fully saturated rings. The summed E-state index contributed by atoms with van der Waals surface area (Å²) in [5.41, 5.74) is 8.22. The Morgan fingerprint density at radius 3 is 2.62 bits per heavy atom. The average molecular weight is 325 g/mol. The van der Waals surface area contributed by atoms with Crippen LogP contribution in [0.25, 0.3) is 22.4 Å². The second kappa shape index (κ2) is 5.84. The van der Waals surface area contributed by atoms with Crippen molar-refractivity contribution in [2.24, 2.45) is 0 Å². The normalized spacial score (nSPS) is 11.5. The van der Waals surface area contributed by atoms with Gasteiger partial charge < -0.3 is 15.5 Å². The quantitative estimate of drug-likeness (QED) is 0.625. The molecule has 4 N–H and O–H groups in total. The standard InChI is InChI=1S/C17H19N5O2/c1-17(2,3)24-16(23)22-14-8-12-13(9-19-14)21-15(20-12)10-4-6-11(18)7-5-10/h4-9H,18H2,1-3H3,(H,20,21)(H,19,22,23).